The van der Waals surface area contributed by atoms with Crippen molar-refractivity contribution in [1.82, 2.24) is 9.38 Å². The Bertz CT molecular complexity index is 646. The van der Waals surface area contributed by atoms with Crippen molar-refractivity contribution in [3.05, 3.63) is 18.2 Å². The molecule has 0 unspecified atom stereocenters. The average molecular weight is 450 g/mol. The van der Waals surface area contributed by atoms with E-state index in [4.69, 9.17) is 0 Å². The summed E-state index contributed by atoms with van der Waals surface area (Å²) in [5.41, 5.74) is 0.882. The fourth-order valence-corrected chi connectivity index (χ4v) is 11.8. The number of hydrogen-bond acceptors (Lipinski definition) is 3. The van der Waals surface area contributed by atoms with Gasteiger partial charge >= 0.3 is 161 Å². The first-order valence-electron chi connectivity index (χ1n) is 9.32. The van der Waals surface area contributed by atoms with Crippen LogP contribution in [-0.4, -0.2) is 30.5 Å². The Labute approximate surface area is 160 Å². The van der Waals surface area contributed by atoms with Gasteiger partial charge in [0, 0.05) is 0 Å². The molecule has 2 rings (SSSR count). The van der Waals surface area contributed by atoms with Gasteiger partial charge in [-0.25, -0.2) is 0 Å². The van der Waals surface area contributed by atoms with E-state index < -0.39 is 21.1 Å². The first-order chi connectivity index (χ1) is 11.7. The maximum absolute atomic E-state index is 9.68. The fraction of sp³-hybridized carbons (Fsp3) is 0.684. The predicted molar refractivity (Wildman–Crippen MR) is 104 cm³/mol. The normalized spacial score (nSPS) is 11.9. The molecule has 0 aliphatic heterocycles. The average Bonchev–Trinajstić information content (AvgIpc) is 3.16. The number of aromatic nitrogens is 2. The van der Waals surface area contributed by atoms with E-state index in [0.717, 1.165) is 10.5 Å². The van der Waals surface area contributed by atoms with Crippen LogP contribution in [0.2, 0.25) is 3.43 Å². The summed E-state index contributed by atoms with van der Waals surface area (Å²) in [6.45, 7) is 6.91. The van der Waals surface area contributed by atoms with Crippen LogP contribution in [0.25, 0.3) is 4.83 Å². The van der Waals surface area contributed by atoms with Crippen molar-refractivity contribution in [2.45, 2.75) is 82.0 Å². The third kappa shape index (κ3) is 4.76. The Balaban J connectivity index is 2.32. The minimum absolute atomic E-state index is 0.535. The van der Waals surface area contributed by atoms with Crippen molar-refractivity contribution in [2.75, 3.05) is 0 Å². The number of hydrogen-bond donors (Lipinski definition) is 0. The second-order valence-corrected chi connectivity index (χ2v) is 13.9. The monoisotopic (exact) mass is 451 g/mol. The number of nitrogens with zero attached hydrogens (tertiary/aromatic N) is 3. The molecule has 0 bridgehead atoms. The molecule has 0 fully saturated rings. The summed E-state index contributed by atoms with van der Waals surface area (Å²) in [7, 11) is 0. The van der Waals surface area contributed by atoms with Crippen LogP contribution < -0.4 is 2.89 Å². The zero-order valence-corrected chi connectivity index (χ0v) is 18.9. The number of imidazole rings is 1. The molecule has 2 aromatic heterocycles. The van der Waals surface area contributed by atoms with Crippen LogP contribution >= 0.6 is 11.3 Å². The van der Waals surface area contributed by atoms with Gasteiger partial charge in [0.25, 0.3) is 0 Å². The van der Waals surface area contributed by atoms with E-state index in [0.29, 0.717) is 3.43 Å². The van der Waals surface area contributed by atoms with Crippen LogP contribution in [0, 0.1) is 11.3 Å². The number of thiazole rings is 1. The Morgan fingerprint density at radius 2 is 1.71 bits per heavy atom. The molecule has 0 spiro atoms. The molecular weight excluding hydrogens is 421 g/mol. The molecule has 0 aromatic carbocycles. The van der Waals surface area contributed by atoms with Crippen LogP contribution in [0.4, 0.5) is 0 Å². The Kier molecular flexibility index (Phi) is 8.09. The Morgan fingerprint density at radius 3 is 2.21 bits per heavy atom. The SMILES string of the molecule is CCCC[C](CCCC)(CCCC)[Sn][c]1sc2cncn2c1C#N. The molecule has 2 radical (unpaired) electrons. The summed E-state index contributed by atoms with van der Waals surface area (Å²) in [6, 6.07) is 2.47. The van der Waals surface area contributed by atoms with Gasteiger partial charge in [0.15, 0.2) is 0 Å². The van der Waals surface area contributed by atoms with Crippen molar-refractivity contribution in [2.24, 2.45) is 0 Å². The van der Waals surface area contributed by atoms with E-state index in [1.165, 1.54) is 60.7 Å². The van der Waals surface area contributed by atoms with Crippen LogP contribution in [0.1, 0.15) is 84.3 Å². The summed E-state index contributed by atoms with van der Waals surface area (Å²) in [5, 5.41) is 9.68. The summed E-state index contributed by atoms with van der Waals surface area (Å²) in [5.74, 6) is 0. The summed E-state index contributed by atoms with van der Waals surface area (Å²) in [4.78, 5) is 5.33. The molecule has 0 saturated heterocycles. The van der Waals surface area contributed by atoms with E-state index in [1.807, 2.05) is 21.9 Å². The molecule has 0 aliphatic rings. The zero-order chi connectivity index (χ0) is 17.4. The summed E-state index contributed by atoms with van der Waals surface area (Å²) >= 11 is 1.00. The molecule has 0 N–H and O–H groups in total. The molecule has 24 heavy (non-hydrogen) atoms. The van der Waals surface area contributed by atoms with Gasteiger partial charge < -0.3 is 0 Å². The van der Waals surface area contributed by atoms with Gasteiger partial charge in [0.05, 0.1) is 0 Å². The van der Waals surface area contributed by atoms with E-state index >= 15 is 0 Å². The fourth-order valence-electron chi connectivity index (χ4n) is 3.33. The van der Waals surface area contributed by atoms with E-state index in [9.17, 15) is 5.26 Å². The summed E-state index contributed by atoms with van der Waals surface area (Å²) < 4.78 is 3.97. The number of fused-ring (bicyclic) bond motifs is 1. The van der Waals surface area contributed by atoms with Crippen LogP contribution in [0.3, 0.4) is 0 Å². The minimum atomic E-state index is -0.834. The molecule has 2 heterocycles. The van der Waals surface area contributed by atoms with Crippen LogP contribution in [-0.2, 0) is 0 Å². The van der Waals surface area contributed by atoms with E-state index in [-0.39, 0.29) is 0 Å². The van der Waals surface area contributed by atoms with Gasteiger partial charge in [0.2, 0.25) is 0 Å². The Morgan fingerprint density at radius 1 is 1.12 bits per heavy atom. The van der Waals surface area contributed by atoms with Crippen molar-refractivity contribution < 1.29 is 0 Å². The van der Waals surface area contributed by atoms with E-state index in [1.54, 1.807) is 6.33 Å². The van der Waals surface area contributed by atoms with Gasteiger partial charge in [-0.05, 0) is 0 Å². The molecule has 0 atom stereocenters. The molecule has 0 amide bonds. The van der Waals surface area contributed by atoms with E-state index in [2.05, 4.69) is 31.8 Å². The molecule has 2 aromatic rings. The van der Waals surface area contributed by atoms with Crippen LogP contribution in [0.15, 0.2) is 12.5 Å². The van der Waals surface area contributed by atoms with Gasteiger partial charge in [-0.1, -0.05) is 0 Å². The molecule has 130 valence electrons. The second-order valence-electron chi connectivity index (χ2n) is 6.71. The first kappa shape index (κ1) is 19.8. The first-order valence-corrected chi connectivity index (χ1v) is 13.0. The zero-order valence-electron chi connectivity index (χ0n) is 15.3. The molecule has 5 heteroatoms. The topological polar surface area (TPSA) is 41.1 Å². The van der Waals surface area contributed by atoms with Crippen LogP contribution in [0.5, 0.6) is 0 Å². The van der Waals surface area contributed by atoms with Crippen molar-refractivity contribution in [1.29, 1.82) is 5.26 Å². The third-order valence-corrected chi connectivity index (χ3v) is 12.2. The maximum atomic E-state index is 9.68. The Hall–Kier alpha value is -0.541. The van der Waals surface area contributed by atoms with Gasteiger partial charge in [-0.15, -0.1) is 0 Å². The van der Waals surface area contributed by atoms with Gasteiger partial charge in [0.1, 0.15) is 0 Å². The molecular formula is C19H29N3SSn. The second kappa shape index (κ2) is 9.82. The van der Waals surface area contributed by atoms with Crippen molar-refractivity contribution in [3.63, 3.8) is 0 Å². The van der Waals surface area contributed by atoms with Crippen molar-refractivity contribution >= 4 is 40.2 Å². The number of rotatable bonds is 11. The van der Waals surface area contributed by atoms with Gasteiger partial charge in [-0.3, -0.25) is 0 Å². The molecule has 0 aliphatic carbocycles. The molecule has 3 nitrogen and oxygen atoms in total. The number of unbranched alkanes of at least 4 members (excludes halogenated alkanes) is 3. The van der Waals surface area contributed by atoms with Gasteiger partial charge in [-0.2, -0.15) is 0 Å². The van der Waals surface area contributed by atoms with Crippen molar-refractivity contribution in [3.8, 4) is 6.07 Å². The predicted octanol–water partition coefficient (Wildman–Crippen LogP) is 5.33. The molecule has 0 saturated carbocycles. The quantitative estimate of drug-likeness (QED) is 0.435. The third-order valence-electron chi connectivity index (χ3n) is 4.78. The number of nitriles is 1. The standard InChI is InChI=1S/C13H27.C6H2N3S.Sn/c1-4-7-10-13(11-8-5-2)12-9-6-3;7-1-5-3-10-6-2-8-4-9(5)6;/h4-12H2,1-3H3;2,4H;. The summed E-state index contributed by atoms with van der Waals surface area (Å²) in [6.07, 6.45) is 15.6.